The third-order valence-electron chi connectivity index (χ3n) is 5.99. The molecule has 0 saturated carbocycles. The highest BCUT2D eigenvalue weighted by molar-refractivity contribution is 5.95. The van der Waals surface area contributed by atoms with E-state index < -0.39 is 0 Å². The van der Waals surface area contributed by atoms with Crippen LogP contribution in [0.5, 0.6) is 17.2 Å². The summed E-state index contributed by atoms with van der Waals surface area (Å²) >= 11 is 0. The van der Waals surface area contributed by atoms with Gasteiger partial charge in [-0.1, -0.05) is 25.5 Å². The molecule has 0 unspecified atom stereocenters. The van der Waals surface area contributed by atoms with Crippen LogP contribution in [0.2, 0.25) is 0 Å². The summed E-state index contributed by atoms with van der Waals surface area (Å²) in [5.41, 5.74) is 3.27. The van der Waals surface area contributed by atoms with E-state index in [0.717, 1.165) is 64.3 Å². The lowest BCUT2D eigenvalue weighted by molar-refractivity contribution is 0.0628. The number of methoxy groups -OCH3 is 1. The lowest BCUT2D eigenvalue weighted by Gasteiger charge is -2.35. The number of ether oxygens (including phenoxy) is 3. The van der Waals surface area contributed by atoms with Gasteiger partial charge in [0.05, 0.1) is 20.3 Å². The molecule has 2 aliphatic heterocycles. The zero-order valence-corrected chi connectivity index (χ0v) is 18.6. The van der Waals surface area contributed by atoms with E-state index in [-0.39, 0.29) is 5.91 Å². The van der Waals surface area contributed by atoms with Gasteiger partial charge in [-0.2, -0.15) is 0 Å². The van der Waals surface area contributed by atoms with Gasteiger partial charge in [0.25, 0.3) is 5.91 Å². The lowest BCUT2D eigenvalue weighted by Crippen LogP contribution is -2.48. The van der Waals surface area contributed by atoms with Gasteiger partial charge < -0.3 is 19.1 Å². The molecular weight excluding hydrogens is 392 g/mol. The molecule has 2 aromatic rings. The zero-order valence-electron chi connectivity index (χ0n) is 18.6. The Hall–Kier alpha value is -2.73. The van der Waals surface area contributed by atoms with Crippen LogP contribution >= 0.6 is 0 Å². The maximum Gasteiger partial charge on any atom is 0.254 e. The normalized spacial score (nSPS) is 16.0. The van der Waals surface area contributed by atoms with Crippen LogP contribution in [0.15, 0.2) is 36.4 Å². The van der Waals surface area contributed by atoms with E-state index >= 15 is 0 Å². The first-order valence-corrected chi connectivity index (χ1v) is 11.2. The number of carbonyl (C=O) groups excluding carboxylic acids is 1. The van der Waals surface area contributed by atoms with Crippen LogP contribution in [0.25, 0.3) is 0 Å². The van der Waals surface area contributed by atoms with E-state index in [1.165, 1.54) is 11.1 Å². The Bertz CT molecular complexity index is 906. The number of hydrogen-bond donors (Lipinski definition) is 0. The number of benzene rings is 2. The summed E-state index contributed by atoms with van der Waals surface area (Å²) in [4.78, 5) is 17.4. The first kappa shape index (κ1) is 21.5. The van der Waals surface area contributed by atoms with E-state index in [9.17, 15) is 4.79 Å². The molecule has 0 aliphatic carbocycles. The number of amides is 1. The first-order chi connectivity index (χ1) is 15.2. The number of unbranched alkanes of at least 4 members (excludes halogenated alkanes) is 1. The minimum absolute atomic E-state index is 0.0488. The highest BCUT2D eigenvalue weighted by Gasteiger charge is 2.23. The molecule has 4 rings (SSSR count). The van der Waals surface area contributed by atoms with Crippen LogP contribution in [-0.4, -0.2) is 62.2 Å². The van der Waals surface area contributed by atoms with Crippen molar-refractivity contribution in [1.29, 1.82) is 0 Å². The van der Waals surface area contributed by atoms with Crippen molar-refractivity contribution >= 4 is 5.91 Å². The van der Waals surface area contributed by atoms with Crippen molar-refractivity contribution in [3.05, 3.63) is 53.1 Å². The van der Waals surface area contributed by atoms with Crippen LogP contribution < -0.4 is 14.2 Å². The summed E-state index contributed by atoms with van der Waals surface area (Å²) in [6, 6.07) is 12.0. The Balaban J connectivity index is 1.32. The van der Waals surface area contributed by atoms with E-state index in [2.05, 4.69) is 30.0 Å². The van der Waals surface area contributed by atoms with Gasteiger partial charge in [0, 0.05) is 44.7 Å². The van der Waals surface area contributed by atoms with Gasteiger partial charge in [0.15, 0.2) is 11.5 Å². The first-order valence-electron chi connectivity index (χ1n) is 11.2. The molecule has 0 aromatic heterocycles. The zero-order chi connectivity index (χ0) is 21.6. The molecule has 1 saturated heterocycles. The standard InChI is InChI=1S/C25H32N2O4/c1-3-4-14-30-23-8-6-21(17-24(23)29-2)25(28)27-12-10-26(11-13-27)18-19-5-7-22-20(16-19)9-15-31-22/h5-8,16-17H,3-4,9-15,18H2,1-2H3. The van der Waals surface area contributed by atoms with Crippen molar-refractivity contribution in [3.8, 4) is 17.2 Å². The lowest BCUT2D eigenvalue weighted by atomic mass is 10.1. The van der Waals surface area contributed by atoms with E-state index in [1.807, 2.05) is 17.0 Å². The van der Waals surface area contributed by atoms with Gasteiger partial charge in [-0.15, -0.1) is 0 Å². The third-order valence-corrected chi connectivity index (χ3v) is 5.99. The van der Waals surface area contributed by atoms with Crippen molar-refractivity contribution < 1.29 is 19.0 Å². The Kier molecular flexibility index (Phi) is 6.97. The average Bonchev–Trinajstić information content (AvgIpc) is 3.27. The maximum atomic E-state index is 13.0. The van der Waals surface area contributed by atoms with Gasteiger partial charge in [0.2, 0.25) is 0 Å². The van der Waals surface area contributed by atoms with Crippen LogP contribution in [0.4, 0.5) is 0 Å². The summed E-state index contributed by atoms with van der Waals surface area (Å²) in [7, 11) is 1.61. The summed E-state index contributed by atoms with van der Waals surface area (Å²) in [6.07, 6.45) is 3.07. The van der Waals surface area contributed by atoms with Gasteiger partial charge >= 0.3 is 0 Å². The Labute approximate surface area is 184 Å². The molecule has 2 aliphatic rings. The van der Waals surface area contributed by atoms with Crippen molar-refractivity contribution in [2.24, 2.45) is 0 Å². The monoisotopic (exact) mass is 424 g/mol. The molecule has 0 bridgehead atoms. The van der Waals surface area contributed by atoms with Gasteiger partial charge in [0.1, 0.15) is 5.75 Å². The summed E-state index contributed by atoms with van der Waals surface area (Å²) in [5, 5.41) is 0. The highest BCUT2D eigenvalue weighted by Crippen LogP contribution is 2.29. The minimum atomic E-state index is 0.0488. The molecule has 6 nitrogen and oxygen atoms in total. The molecule has 0 spiro atoms. The topological polar surface area (TPSA) is 51.2 Å². The summed E-state index contributed by atoms with van der Waals surface area (Å²) in [5.74, 6) is 2.38. The van der Waals surface area contributed by atoms with Crippen molar-refractivity contribution in [1.82, 2.24) is 9.80 Å². The predicted octanol–water partition coefficient (Wildman–Crippen LogP) is 3.77. The second kappa shape index (κ2) is 10.1. The number of nitrogens with zero attached hydrogens (tertiary/aromatic N) is 2. The van der Waals surface area contributed by atoms with Gasteiger partial charge in [-0.05, 0) is 41.8 Å². The molecule has 166 valence electrons. The number of fused-ring (bicyclic) bond motifs is 1. The fourth-order valence-electron chi connectivity index (χ4n) is 4.13. The van der Waals surface area contributed by atoms with Crippen LogP contribution in [0.1, 0.15) is 41.3 Å². The largest absolute Gasteiger partial charge is 0.493 e. The third kappa shape index (κ3) is 5.13. The van der Waals surface area contributed by atoms with Crippen LogP contribution in [-0.2, 0) is 13.0 Å². The molecule has 31 heavy (non-hydrogen) atoms. The van der Waals surface area contributed by atoms with E-state index in [1.54, 1.807) is 13.2 Å². The number of carbonyl (C=O) groups is 1. The maximum absolute atomic E-state index is 13.0. The van der Waals surface area contributed by atoms with Gasteiger partial charge in [-0.25, -0.2) is 0 Å². The Morgan fingerprint density at radius 3 is 2.68 bits per heavy atom. The second-order valence-electron chi connectivity index (χ2n) is 8.18. The highest BCUT2D eigenvalue weighted by atomic mass is 16.5. The van der Waals surface area contributed by atoms with Crippen LogP contribution in [0.3, 0.4) is 0 Å². The predicted molar refractivity (Wildman–Crippen MR) is 120 cm³/mol. The number of piperazine rings is 1. The Morgan fingerprint density at radius 2 is 1.90 bits per heavy atom. The average molecular weight is 425 g/mol. The van der Waals surface area contributed by atoms with Crippen molar-refractivity contribution in [2.45, 2.75) is 32.7 Å². The fourth-order valence-corrected chi connectivity index (χ4v) is 4.13. The molecule has 1 fully saturated rings. The minimum Gasteiger partial charge on any atom is -0.493 e. The SMILES string of the molecule is CCCCOc1ccc(C(=O)N2CCN(Cc3ccc4c(c3)CCO4)CC2)cc1OC. The molecule has 0 N–H and O–H groups in total. The second-order valence-corrected chi connectivity index (χ2v) is 8.18. The smallest absolute Gasteiger partial charge is 0.254 e. The molecular formula is C25H32N2O4. The fraction of sp³-hybridized carbons (Fsp3) is 0.480. The molecule has 6 heteroatoms. The van der Waals surface area contributed by atoms with E-state index in [4.69, 9.17) is 14.2 Å². The van der Waals surface area contributed by atoms with Crippen molar-refractivity contribution in [2.75, 3.05) is 46.5 Å². The number of rotatable bonds is 8. The number of hydrogen-bond acceptors (Lipinski definition) is 5. The molecule has 2 aromatic carbocycles. The van der Waals surface area contributed by atoms with Crippen LogP contribution in [0, 0.1) is 0 Å². The van der Waals surface area contributed by atoms with Gasteiger partial charge in [-0.3, -0.25) is 9.69 Å². The van der Waals surface area contributed by atoms with E-state index in [0.29, 0.717) is 23.7 Å². The molecule has 0 radical (unpaired) electrons. The molecule has 0 atom stereocenters. The summed E-state index contributed by atoms with van der Waals surface area (Å²) in [6.45, 7) is 7.67. The van der Waals surface area contributed by atoms with Crippen molar-refractivity contribution in [3.63, 3.8) is 0 Å². The molecule has 1 amide bonds. The quantitative estimate of drug-likeness (QED) is 0.604. The summed E-state index contributed by atoms with van der Waals surface area (Å²) < 4.78 is 16.8. The Morgan fingerprint density at radius 1 is 1.06 bits per heavy atom. The molecule has 2 heterocycles.